The first-order valence-corrected chi connectivity index (χ1v) is 9.69. The van der Waals surface area contributed by atoms with E-state index in [-0.39, 0.29) is 0 Å². The molecule has 2 aromatic heterocycles. The lowest BCUT2D eigenvalue weighted by atomic mass is 9.97. The molecule has 0 spiro atoms. The highest BCUT2D eigenvalue weighted by Gasteiger charge is 2.17. The quantitative estimate of drug-likeness (QED) is 0.788. The summed E-state index contributed by atoms with van der Waals surface area (Å²) in [5, 5.41) is 4.43. The van der Waals surface area contributed by atoms with Gasteiger partial charge in [-0.15, -0.1) is 0 Å². The van der Waals surface area contributed by atoms with Crippen molar-refractivity contribution in [3.05, 3.63) is 54.2 Å². The van der Waals surface area contributed by atoms with Crippen LogP contribution in [0, 0.1) is 0 Å². The third kappa shape index (κ3) is 5.85. The van der Waals surface area contributed by atoms with Crippen molar-refractivity contribution in [1.29, 1.82) is 0 Å². The Morgan fingerprint density at radius 1 is 1.12 bits per heavy atom. The predicted octanol–water partition coefficient (Wildman–Crippen LogP) is 4.66. The molecular weight excluding hydrogens is 330 g/mol. The van der Waals surface area contributed by atoms with Crippen molar-refractivity contribution in [2.24, 2.45) is 0 Å². The second-order valence-electron chi connectivity index (χ2n) is 6.79. The smallest absolute Gasteiger partial charge is 0.169 e. The molecule has 5 heteroatoms. The van der Waals surface area contributed by atoms with Gasteiger partial charge >= 0.3 is 0 Å². The molecule has 134 valence electrons. The Morgan fingerprint density at radius 3 is 2.60 bits per heavy atom. The standard InChI is InChI=1S/C20H27N3OS/c25-20(22-18-9-4-2-1-3-5-10-18)23(16-19-11-7-13-24-19)15-17-8-6-12-21-14-17/h6-8,11-14,18H,1-5,9-10,15-16H2,(H,22,25). The molecule has 25 heavy (non-hydrogen) atoms. The van der Waals surface area contributed by atoms with Gasteiger partial charge in [-0.05, 0) is 48.8 Å². The molecule has 3 rings (SSSR count). The van der Waals surface area contributed by atoms with E-state index in [4.69, 9.17) is 16.6 Å². The van der Waals surface area contributed by atoms with Gasteiger partial charge < -0.3 is 14.6 Å². The number of hydrogen-bond donors (Lipinski definition) is 1. The van der Waals surface area contributed by atoms with Crippen LogP contribution in [-0.2, 0) is 13.1 Å². The summed E-state index contributed by atoms with van der Waals surface area (Å²) in [6.45, 7) is 1.40. The van der Waals surface area contributed by atoms with Crippen LogP contribution in [0.15, 0.2) is 47.3 Å². The molecule has 2 heterocycles. The Kier molecular flexibility index (Phi) is 6.86. The van der Waals surface area contributed by atoms with Gasteiger partial charge in [-0.3, -0.25) is 4.98 Å². The van der Waals surface area contributed by atoms with Crippen LogP contribution >= 0.6 is 12.2 Å². The summed E-state index contributed by atoms with van der Waals surface area (Å²) in [6, 6.07) is 8.45. The average Bonchev–Trinajstić information content (AvgIpc) is 3.10. The normalized spacial score (nSPS) is 16.0. The van der Waals surface area contributed by atoms with Crippen LogP contribution in [-0.4, -0.2) is 21.0 Å². The third-order valence-electron chi connectivity index (χ3n) is 4.74. The summed E-state index contributed by atoms with van der Waals surface area (Å²) in [4.78, 5) is 6.39. The van der Waals surface area contributed by atoms with E-state index in [1.807, 2.05) is 24.4 Å². The Hall–Kier alpha value is -1.88. The Morgan fingerprint density at radius 2 is 1.92 bits per heavy atom. The molecular formula is C20H27N3OS. The van der Waals surface area contributed by atoms with Crippen LogP contribution in [0.2, 0.25) is 0 Å². The van der Waals surface area contributed by atoms with E-state index in [0.29, 0.717) is 12.6 Å². The SMILES string of the molecule is S=C(NC1CCCCCCC1)N(Cc1cccnc1)Cc1ccco1. The number of nitrogens with one attached hydrogen (secondary N) is 1. The molecule has 1 aliphatic carbocycles. The molecule has 1 N–H and O–H groups in total. The number of aromatic nitrogens is 1. The molecule has 0 radical (unpaired) electrons. The molecule has 1 aliphatic rings. The van der Waals surface area contributed by atoms with Gasteiger partial charge in [-0.1, -0.05) is 38.2 Å². The molecule has 0 unspecified atom stereocenters. The van der Waals surface area contributed by atoms with Crippen LogP contribution in [0.5, 0.6) is 0 Å². The van der Waals surface area contributed by atoms with Crippen molar-refractivity contribution >= 4 is 17.3 Å². The van der Waals surface area contributed by atoms with Gasteiger partial charge in [0.15, 0.2) is 5.11 Å². The molecule has 2 aromatic rings. The molecule has 0 aromatic carbocycles. The highest BCUT2D eigenvalue weighted by Crippen LogP contribution is 2.18. The van der Waals surface area contributed by atoms with Crippen LogP contribution in [0.25, 0.3) is 0 Å². The van der Waals surface area contributed by atoms with Gasteiger partial charge in [0.1, 0.15) is 5.76 Å². The topological polar surface area (TPSA) is 41.3 Å². The van der Waals surface area contributed by atoms with E-state index in [9.17, 15) is 0 Å². The minimum atomic E-state index is 0.487. The first-order chi connectivity index (χ1) is 12.3. The maximum Gasteiger partial charge on any atom is 0.169 e. The van der Waals surface area contributed by atoms with Crippen molar-refractivity contribution in [2.45, 2.75) is 64.1 Å². The summed E-state index contributed by atoms with van der Waals surface area (Å²) < 4.78 is 5.53. The van der Waals surface area contributed by atoms with Crippen molar-refractivity contribution in [3.8, 4) is 0 Å². The van der Waals surface area contributed by atoms with Crippen LogP contribution < -0.4 is 5.32 Å². The number of pyridine rings is 1. The minimum absolute atomic E-state index is 0.487. The zero-order valence-corrected chi connectivity index (χ0v) is 15.5. The fourth-order valence-electron chi connectivity index (χ4n) is 3.37. The van der Waals surface area contributed by atoms with Crippen molar-refractivity contribution in [3.63, 3.8) is 0 Å². The first kappa shape index (κ1) is 17.9. The fraction of sp³-hybridized carbons (Fsp3) is 0.500. The van der Waals surface area contributed by atoms with E-state index < -0.39 is 0 Å². The molecule has 1 saturated carbocycles. The number of thiocarbonyl (C=S) groups is 1. The van der Waals surface area contributed by atoms with E-state index in [1.165, 1.54) is 44.9 Å². The van der Waals surface area contributed by atoms with Gasteiger partial charge in [-0.25, -0.2) is 0 Å². The molecule has 1 fully saturated rings. The van der Waals surface area contributed by atoms with Crippen molar-refractivity contribution in [2.75, 3.05) is 0 Å². The average molecular weight is 358 g/mol. The molecule has 0 saturated heterocycles. The van der Waals surface area contributed by atoms with Crippen molar-refractivity contribution in [1.82, 2.24) is 15.2 Å². The lowest BCUT2D eigenvalue weighted by molar-refractivity contribution is 0.338. The van der Waals surface area contributed by atoms with Gasteiger partial charge in [0.2, 0.25) is 0 Å². The van der Waals surface area contributed by atoms with Gasteiger partial charge in [-0.2, -0.15) is 0 Å². The zero-order chi connectivity index (χ0) is 17.3. The highest BCUT2D eigenvalue weighted by atomic mass is 32.1. The fourth-order valence-corrected chi connectivity index (χ4v) is 3.66. The molecule has 0 atom stereocenters. The minimum Gasteiger partial charge on any atom is -0.467 e. The van der Waals surface area contributed by atoms with E-state index in [1.54, 1.807) is 12.5 Å². The lowest BCUT2D eigenvalue weighted by Crippen LogP contribution is -2.44. The third-order valence-corrected chi connectivity index (χ3v) is 5.12. The summed E-state index contributed by atoms with van der Waals surface area (Å²) in [5.74, 6) is 0.922. The van der Waals surface area contributed by atoms with E-state index >= 15 is 0 Å². The van der Waals surface area contributed by atoms with E-state index in [0.717, 1.165) is 23.0 Å². The molecule has 0 aliphatic heterocycles. The van der Waals surface area contributed by atoms with Crippen LogP contribution in [0.1, 0.15) is 56.3 Å². The highest BCUT2D eigenvalue weighted by molar-refractivity contribution is 7.80. The van der Waals surface area contributed by atoms with Crippen molar-refractivity contribution < 1.29 is 4.42 Å². The zero-order valence-electron chi connectivity index (χ0n) is 14.7. The number of hydrogen-bond acceptors (Lipinski definition) is 3. The van der Waals surface area contributed by atoms with Gasteiger partial charge in [0.05, 0.1) is 12.8 Å². The monoisotopic (exact) mass is 357 g/mol. The molecule has 4 nitrogen and oxygen atoms in total. The van der Waals surface area contributed by atoms with E-state index in [2.05, 4.69) is 21.3 Å². The van der Waals surface area contributed by atoms with Crippen LogP contribution in [0.4, 0.5) is 0 Å². The maximum atomic E-state index is 5.76. The molecule has 0 bridgehead atoms. The second kappa shape index (κ2) is 9.56. The molecule has 0 amide bonds. The largest absolute Gasteiger partial charge is 0.467 e. The van der Waals surface area contributed by atoms with Gasteiger partial charge in [0.25, 0.3) is 0 Å². The number of nitrogens with zero attached hydrogens (tertiary/aromatic N) is 2. The Balaban J connectivity index is 1.65. The van der Waals surface area contributed by atoms with Gasteiger partial charge in [0, 0.05) is 25.0 Å². The van der Waals surface area contributed by atoms with Crippen LogP contribution in [0.3, 0.4) is 0 Å². The predicted molar refractivity (Wildman–Crippen MR) is 104 cm³/mol. The summed E-state index contributed by atoms with van der Waals surface area (Å²) >= 11 is 5.76. The Bertz CT molecular complexity index is 622. The summed E-state index contributed by atoms with van der Waals surface area (Å²) in [7, 11) is 0. The summed E-state index contributed by atoms with van der Waals surface area (Å²) in [6.07, 6.45) is 14.5. The number of furan rings is 1. The summed E-state index contributed by atoms with van der Waals surface area (Å²) in [5.41, 5.74) is 1.15. The Labute approximate surface area is 155 Å². The first-order valence-electron chi connectivity index (χ1n) is 9.28. The lowest BCUT2D eigenvalue weighted by Gasteiger charge is -2.29. The second-order valence-corrected chi connectivity index (χ2v) is 7.17. The maximum absolute atomic E-state index is 5.76. The number of rotatable bonds is 5.